The van der Waals surface area contributed by atoms with Crippen molar-refractivity contribution in [3.8, 4) is 11.8 Å². The van der Waals surface area contributed by atoms with Crippen molar-refractivity contribution in [2.45, 2.75) is 26.7 Å². The van der Waals surface area contributed by atoms with E-state index < -0.39 is 5.92 Å². The third-order valence-electron chi connectivity index (χ3n) is 3.65. The number of carbonyl (C=O) groups excluding carboxylic acids is 1. The Morgan fingerprint density at radius 1 is 1.19 bits per heavy atom. The van der Waals surface area contributed by atoms with Gasteiger partial charge in [0.2, 0.25) is 0 Å². The highest BCUT2D eigenvalue weighted by Crippen LogP contribution is 2.28. The Kier molecular flexibility index (Phi) is 4.13. The highest BCUT2D eigenvalue weighted by molar-refractivity contribution is 6.04. The predicted molar refractivity (Wildman–Crippen MR) is 78.6 cm³/mol. The van der Waals surface area contributed by atoms with E-state index in [-0.39, 0.29) is 5.78 Å². The molecule has 4 nitrogen and oxygen atoms in total. The smallest absolute Gasteiger partial charge is 0.188 e. The first-order valence-electron chi connectivity index (χ1n) is 6.64. The summed E-state index contributed by atoms with van der Waals surface area (Å²) in [5, 5.41) is 9.39. The van der Waals surface area contributed by atoms with Crippen molar-refractivity contribution in [1.29, 1.82) is 5.26 Å². The number of ether oxygens (including phenoxy) is 1. The molecule has 0 saturated carbocycles. The maximum absolute atomic E-state index is 12.7. The first kappa shape index (κ1) is 14.9. The molecule has 0 radical (unpaired) electrons. The van der Waals surface area contributed by atoms with Crippen LogP contribution in [0.4, 0.5) is 0 Å². The molecule has 0 bridgehead atoms. The maximum Gasteiger partial charge on any atom is 0.188 e. The molecule has 0 spiro atoms. The number of Topliss-reactive ketones (excluding diaryl/α,β-unsaturated/α-hetero) is 1. The molecule has 0 aliphatic rings. The van der Waals surface area contributed by atoms with Crippen LogP contribution in [0.15, 0.2) is 28.7 Å². The van der Waals surface area contributed by atoms with Crippen molar-refractivity contribution >= 4 is 5.78 Å². The highest BCUT2D eigenvalue weighted by atomic mass is 16.5. The molecular weight excluding hydrogens is 266 g/mol. The van der Waals surface area contributed by atoms with Crippen LogP contribution >= 0.6 is 0 Å². The topological polar surface area (TPSA) is 63.2 Å². The zero-order chi connectivity index (χ0) is 15.6. The zero-order valence-corrected chi connectivity index (χ0v) is 12.6. The van der Waals surface area contributed by atoms with E-state index in [0.29, 0.717) is 28.4 Å². The summed E-state index contributed by atoms with van der Waals surface area (Å²) in [6.07, 6.45) is 0. The van der Waals surface area contributed by atoms with Gasteiger partial charge in [0.15, 0.2) is 5.78 Å². The number of ketones is 1. The van der Waals surface area contributed by atoms with E-state index in [1.54, 1.807) is 38.3 Å². The van der Waals surface area contributed by atoms with Gasteiger partial charge >= 0.3 is 0 Å². The molecule has 1 aromatic heterocycles. The number of benzene rings is 1. The second-order valence-corrected chi connectivity index (χ2v) is 4.91. The molecule has 1 aromatic carbocycles. The Morgan fingerprint density at radius 3 is 2.24 bits per heavy atom. The van der Waals surface area contributed by atoms with Gasteiger partial charge in [0.1, 0.15) is 23.2 Å². The summed E-state index contributed by atoms with van der Waals surface area (Å²) in [6, 6.07) is 9.05. The Bertz CT molecular complexity index is 705. The molecule has 4 heteroatoms. The van der Waals surface area contributed by atoms with E-state index in [0.717, 1.165) is 5.56 Å². The van der Waals surface area contributed by atoms with Crippen molar-refractivity contribution in [2.24, 2.45) is 0 Å². The van der Waals surface area contributed by atoms with E-state index >= 15 is 0 Å². The van der Waals surface area contributed by atoms with Crippen molar-refractivity contribution in [2.75, 3.05) is 7.11 Å². The molecule has 0 fully saturated rings. The molecule has 21 heavy (non-hydrogen) atoms. The van der Waals surface area contributed by atoms with Gasteiger partial charge in [0.05, 0.1) is 18.7 Å². The number of nitriles is 1. The van der Waals surface area contributed by atoms with Gasteiger partial charge in [0.25, 0.3) is 0 Å². The number of rotatable bonds is 4. The van der Waals surface area contributed by atoms with Crippen molar-refractivity contribution in [3.05, 3.63) is 52.5 Å². The van der Waals surface area contributed by atoms with Crippen LogP contribution in [0, 0.1) is 32.1 Å². The van der Waals surface area contributed by atoms with Gasteiger partial charge in [0, 0.05) is 5.56 Å². The highest BCUT2D eigenvalue weighted by Gasteiger charge is 2.27. The standard InChI is InChI=1S/C17H17NO3/c1-10-11(2)21-12(3)16(10)17(19)15(9-18)13-5-7-14(20-4)8-6-13/h5-8,15H,1-4H3. The molecular formula is C17H17NO3. The third kappa shape index (κ3) is 2.68. The minimum absolute atomic E-state index is 0.227. The Labute approximate surface area is 124 Å². The fourth-order valence-electron chi connectivity index (χ4n) is 2.38. The largest absolute Gasteiger partial charge is 0.497 e. The summed E-state index contributed by atoms with van der Waals surface area (Å²) in [7, 11) is 1.57. The lowest BCUT2D eigenvalue weighted by atomic mass is 9.90. The maximum atomic E-state index is 12.7. The Hall–Kier alpha value is -2.54. The van der Waals surface area contributed by atoms with Crippen LogP contribution in [0.2, 0.25) is 0 Å². The van der Waals surface area contributed by atoms with Crippen LogP contribution < -0.4 is 4.74 Å². The average molecular weight is 283 g/mol. The number of hydrogen-bond donors (Lipinski definition) is 0. The molecule has 0 aliphatic carbocycles. The second kappa shape index (κ2) is 5.84. The summed E-state index contributed by atoms with van der Waals surface area (Å²) in [4.78, 5) is 12.7. The van der Waals surface area contributed by atoms with E-state index in [2.05, 4.69) is 6.07 Å². The minimum Gasteiger partial charge on any atom is -0.497 e. The molecule has 0 saturated heterocycles. The molecule has 0 amide bonds. The lowest BCUT2D eigenvalue weighted by molar-refractivity contribution is 0.0977. The molecule has 1 atom stereocenters. The monoisotopic (exact) mass is 283 g/mol. The first-order chi connectivity index (χ1) is 9.99. The SMILES string of the molecule is COc1ccc(C(C#N)C(=O)c2c(C)oc(C)c2C)cc1. The number of carbonyl (C=O) groups is 1. The molecule has 1 heterocycles. The summed E-state index contributed by atoms with van der Waals surface area (Å²) in [5.74, 6) is 0.889. The lowest BCUT2D eigenvalue weighted by Crippen LogP contribution is -2.12. The predicted octanol–water partition coefficient (Wildman–Crippen LogP) is 3.70. The number of aryl methyl sites for hydroxylation is 2. The molecule has 2 rings (SSSR count). The number of furan rings is 1. The van der Waals surface area contributed by atoms with Crippen LogP contribution in [0.1, 0.15) is 38.9 Å². The summed E-state index contributed by atoms with van der Waals surface area (Å²) < 4.78 is 10.6. The van der Waals surface area contributed by atoms with Crippen LogP contribution in [-0.4, -0.2) is 12.9 Å². The van der Waals surface area contributed by atoms with E-state index in [4.69, 9.17) is 9.15 Å². The van der Waals surface area contributed by atoms with Crippen molar-refractivity contribution in [1.82, 2.24) is 0 Å². The normalized spacial score (nSPS) is 11.8. The van der Waals surface area contributed by atoms with Crippen LogP contribution in [0.25, 0.3) is 0 Å². The fourth-order valence-corrected chi connectivity index (χ4v) is 2.38. The molecule has 2 aromatic rings. The van der Waals surface area contributed by atoms with Gasteiger partial charge in [-0.3, -0.25) is 4.79 Å². The quantitative estimate of drug-likeness (QED) is 0.802. The van der Waals surface area contributed by atoms with E-state index in [1.165, 1.54) is 0 Å². The van der Waals surface area contributed by atoms with Gasteiger partial charge in [-0.05, 0) is 38.5 Å². The Balaban J connectivity index is 2.41. The number of nitrogens with zero attached hydrogens (tertiary/aromatic N) is 1. The summed E-state index contributed by atoms with van der Waals surface area (Å²) in [6.45, 7) is 5.39. The number of hydrogen-bond acceptors (Lipinski definition) is 4. The minimum atomic E-state index is -0.842. The van der Waals surface area contributed by atoms with E-state index in [9.17, 15) is 10.1 Å². The molecule has 0 aliphatic heterocycles. The summed E-state index contributed by atoms with van der Waals surface area (Å²) in [5.41, 5.74) is 1.96. The molecule has 108 valence electrons. The van der Waals surface area contributed by atoms with Gasteiger partial charge in [-0.1, -0.05) is 12.1 Å². The average Bonchev–Trinajstić information content (AvgIpc) is 2.73. The van der Waals surface area contributed by atoms with Crippen molar-refractivity contribution in [3.63, 3.8) is 0 Å². The third-order valence-corrected chi connectivity index (χ3v) is 3.65. The van der Waals surface area contributed by atoms with Crippen LogP contribution in [0.5, 0.6) is 5.75 Å². The van der Waals surface area contributed by atoms with Crippen molar-refractivity contribution < 1.29 is 13.9 Å². The first-order valence-corrected chi connectivity index (χ1v) is 6.64. The van der Waals surface area contributed by atoms with Gasteiger partial charge < -0.3 is 9.15 Å². The second-order valence-electron chi connectivity index (χ2n) is 4.91. The Morgan fingerprint density at radius 2 is 1.81 bits per heavy atom. The lowest BCUT2D eigenvalue weighted by Gasteiger charge is -2.09. The van der Waals surface area contributed by atoms with Gasteiger partial charge in [-0.25, -0.2) is 0 Å². The van der Waals surface area contributed by atoms with Crippen LogP contribution in [-0.2, 0) is 0 Å². The van der Waals surface area contributed by atoms with Crippen LogP contribution in [0.3, 0.4) is 0 Å². The molecule has 0 N–H and O–H groups in total. The summed E-state index contributed by atoms with van der Waals surface area (Å²) >= 11 is 0. The number of methoxy groups -OCH3 is 1. The van der Waals surface area contributed by atoms with Gasteiger partial charge in [-0.15, -0.1) is 0 Å². The zero-order valence-electron chi connectivity index (χ0n) is 12.6. The van der Waals surface area contributed by atoms with E-state index in [1.807, 2.05) is 13.8 Å². The van der Waals surface area contributed by atoms with Gasteiger partial charge in [-0.2, -0.15) is 5.26 Å². The fraction of sp³-hybridized carbons (Fsp3) is 0.294. The molecule has 1 unspecified atom stereocenters.